The molecule has 0 bridgehead atoms. The van der Waals surface area contributed by atoms with Gasteiger partial charge in [0.05, 0.1) is 19.7 Å². The van der Waals surface area contributed by atoms with Crippen molar-refractivity contribution in [2.45, 2.75) is 0 Å². The Labute approximate surface area is 124 Å². The molecule has 1 aromatic heterocycles. The topological polar surface area (TPSA) is 174 Å². The van der Waals surface area contributed by atoms with Crippen LogP contribution in [0.25, 0.3) is 10.9 Å². The maximum Gasteiger partial charge on any atom is 0.330 e. The lowest BCUT2D eigenvalue weighted by Gasteiger charge is -2.12. The van der Waals surface area contributed by atoms with Crippen molar-refractivity contribution in [3.63, 3.8) is 0 Å². The zero-order chi connectivity index (χ0) is 14.7. The second kappa shape index (κ2) is 7.75. The Bertz CT molecular complexity index is 669. The molecule has 0 atom stereocenters. The first kappa shape index (κ1) is 19.1. The van der Waals surface area contributed by atoms with Gasteiger partial charge in [0.25, 0.3) is 0 Å². The standard InChI is InChI=1S/C11H12FN5O3.2H2O/c1-19-7-3-5-6(4-8(7)20-2)14-10(12)15-9(5)16-17-11(13)18;;/h3-4H,1-2H3,(H3,13,17,18)(H,14,15,16);2*1H2. The number of carbonyl (C=O) groups excluding carboxylic acids is 1. The van der Waals surface area contributed by atoms with Crippen molar-refractivity contribution in [3.05, 3.63) is 18.2 Å². The summed E-state index contributed by atoms with van der Waals surface area (Å²) in [5.74, 6) is 0.858. The monoisotopic (exact) mass is 317 g/mol. The minimum absolute atomic E-state index is 0. The number of primary amides is 1. The molecule has 0 aliphatic heterocycles. The lowest BCUT2D eigenvalue weighted by molar-refractivity contribution is 0.250. The molecule has 2 aromatic rings. The maximum atomic E-state index is 13.4. The lowest BCUT2D eigenvalue weighted by atomic mass is 10.2. The number of hydrogen-bond acceptors (Lipinski definition) is 6. The number of aromatic nitrogens is 2. The molecule has 10 nitrogen and oxygen atoms in total. The number of anilines is 1. The van der Waals surface area contributed by atoms with Crippen LogP contribution in [0.15, 0.2) is 12.1 Å². The summed E-state index contributed by atoms with van der Waals surface area (Å²) in [5.41, 5.74) is 9.72. The Kier molecular flexibility index (Phi) is 6.73. The largest absolute Gasteiger partial charge is 0.493 e. The molecule has 0 unspecified atom stereocenters. The van der Waals surface area contributed by atoms with Crippen molar-refractivity contribution in [3.8, 4) is 11.5 Å². The van der Waals surface area contributed by atoms with Crippen LogP contribution in [0.1, 0.15) is 0 Å². The van der Waals surface area contributed by atoms with Crippen LogP contribution in [-0.4, -0.2) is 41.2 Å². The van der Waals surface area contributed by atoms with Gasteiger partial charge in [-0.05, 0) is 6.07 Å². The number of nitrogens with zero attached hydrogens (tertiary/aromatic N) is 2. The van der Waals surface area contributed by atoms with Crippen molar-refractivity contribution >= 4 is 22.8 Å². The molecule has 0 saturated heterocycles. The van der Waals surface area contributed by atoms with Crippen LogP contribution >= 0.6 is 0 Å². The smallest absolute Gasteiger partial charge is 0.330 e. The third-order valence-electron chi connectivity index (χ3n) is 2.48. The highest BCUT2D eigenvalue weighted by atomic mass is 19.1. The van der Waals surface area contributed by atoms with E-state index in [0.717, 1.165) is 0 Å². The van der Waals surface area contributed by atoms with Crippen LogP contribution in [0.3, 0.4) is 0 Å². The molecule has 0 aliphatic carbocycles. The number of benzene rings is 1. The maximum absolute atomic E-state index is 13.4. The summed E-state index contributed by atoms with van der Waals surface area (Å²) in [6, 6.07) is 2.21. The van der Waals surface area contributed by atoms with Gasteiger partial charge in [-0.25, -0.2) is 9.78 Å². The molecule has 0 radical (unpaired) electrons. The van der Waals surface area contributed by atoms with E-state index in [1.54, 1.807) is 6.07 Å². The molecular formula is C11H16FN5O5. The van der Waals surface area contributed by atoms with Crippen LogP contribution in [0.5, 0.6) is 11.5 Å². The molecule has 0 aliphatic rings. The van der Waals surface area contributed by atoms with Crippen LogP contribution in [-0.2, 0) is 0 Å². The molecule has 22 heavy (non-hydrogen) atoms. The number of amides is 2. The van der Waals surface area contributed by atoms with Crippen molar-refractivity contribution < 1.29 is 29.6 Å². The number of fused-ring (bicyclic) bond motifs is 1. The summed E-state index contributed by atoms with van der Waals surface area (Å²) in [6.07, 6.45) is -0.960. The zero-order valence-corrected chi connectivity index (χ0v) is 11.7. The number of halogens is 1. The minimum Gasteiger partial charge on any atom is -0.493 e. The predicted molar refractivity (Wildman–Crippen MR) is 76.2 cm³/mol. The van der Waals surface area contributed by atoms with Crippen LogP contribution in [0, 0.1) is 6.08 Å². The molecule has 8 N–H and O–H groups in total. The van der Waals surface area contributed by atoms with Crippen LogP contribution in [0.2, 0.25) is 0 Å². The number of carbonyl (C=O) groups is 1. The molecular weight excluding hydrogens is 301 g/mol. The van der Waals surface area contributed by atoms with E-state index in [4.69, 9.17) is 15.2 Å². The zero-order valence-electron chi connectivity index (χ0n) is 11.7. The van der Waals surface area contributed by atoms with E-state index in [-0.39, 0.29) is 22.3 Å². The van der Waals surface area contributed by atoms with Crippen molar-refractivity contribution in [1.29, 1.82) is 0 Å². The Morgan fingerprint density at radius 3 is 2.32 bits per heavy atom. The first-order valence-corrected chi connectivity index (χ1v) is 5.46. The second-order valence-electron chi connectivity index (χ2n) is 3.68. The van der Waals surface area contributed by atoms with Gasteiger partial charge in [-0.1, -0.05) is 0 Å². The molecule has 0 spiro atoms. The normalized spacial score (nSPS) is 9.23. The Hall–Kier alpha value is -2.92. The number of methoxy groups -OCH3 is 2. The quantitative estimate of drug-likeness (QED) is 0.488. The van der Waals surface area contributed by atoms with Crippen LogP contribution < -0.4 is 26.1 Å². The van der Waals surface area contributed by atoms with Crippen molar-refractivity contribution in [2.75, 3.05) is 19.6 Å². The fourth-order valence-corrected chi connectivity index (χ4v) is 1.64. The summed E-state index contributed by atoms with van der Waals surface area (Å²) >= 11 is 0. The third kappa shape index (κ3) is 3.80. The van der Waals surface area contributed by atoms with Gasteiger partial charge in [0.15, 0.2) is 17.3 Å². The van der Waals surface area contributed by atoms with E-state index in [2.05, 4.69) is 20.8 Å². The Morgan fingerprint density at radius 2 is 1.77 bits per heavy atom. The highest BCUT2D eigenvalue weighted by Gasteiger charge is 2.13. The SMILES string of the molecule is COc1cc2nc(F)nc(NNC(N)=O)c2cc1OC.O.O. The molecule has 0 saturated carbocycles. The molecule has 0 fully saturated rings. The van der Waals surface area contributed by atoms with Gasteiger partial charge in [-0.15, -0.1) is 0 Å². The van der Waals surface area contributed by atoms with E-state index >= 15 is 0 Å². The Morgan fingerprint density at radius 1 is 1.18 bits per heavy atom. The predicted octanol–water partition coefficient (Wildman–Crippen LogP) is -0.868. The second-order valence-corrected chi connectivity index (χ2v) is 3.68. The Balaban J connectivity index is 0.00000220. The number of nitrogens with two attached hydrogens (primary N) is 1. The van der Waals surface area contributed by atoms with Gasteiger partial charge < -0.3 is 26.2 Å². The van der Waals surface area contributed by atoms with Gasteiger partial charge in [0, 0.05) is 11.5 Å². The summed E-state index contributed by atoms with van der Waals surface area (Å²) in [4.78, 5) is 17.9. The van der Waals surface area contributed by atoms with E-state index in [0.29, 0.717) is 16.9 Å². The molecule has 1 heterocycles. The average molecular weight is 317 g/mol. The highest BCUT2D eigenvalue weighted by Crippen LogP contribution is 2.33. The first-order valence-electron chi connectivity index (χ1n) is 5.46. The first-order chi connectivity index (χ1) is 9.55. The minimum atomic E-state index is -0.960. The summed E-state index contributed by atoms with van der Waals surface area (Å²) < 4.78 is 23.6. The molecule has 11 heteroatoms. The highest BCUT2D eigenvalue weighted by molar-refractivity contribution is 5.92. The fraction of sp³-hybridized carbons (Fsp3) is 0.182. The molecule has 1 aromatic carbocycles. The number of nitrogens with one attached hydrogen (secondary N) is 2. The average Bonchev–Trinajstić information content (AvgIpc) is 2.42. The van der Waals surface area contributed by atoms with E-state index in [9.17, 15) is 9.18 Å². The summed E-state index contributed by atoms with van der Waals surface area (Å²) in [5, 5.41) is 0.429. The molecule has 2 amide bonds. The van der Waals surface area contributed by atoms with Crippen LogP contribution in [0.4, 0.5) is 15.0 Å². The van der Waals surface area contributed by atoms with E-state index in [1.807, 2.05) is 0 Å². The molecule has 2 rings (SSSR count). The fourth-order valence-electron chi connectivity index (χ4n) is 1.64. The number of urea groups is 1. The summed E-state index contributed by atoms with van der Waals surface area (Å²) in [7, 11) is 2.91. The van der Waals surface area contributed by atoms with Crippen molar-refractivity contribution in [2.24, 2.45) is 5.73 Å². The number of hydrogen-bond donors (Lipinski definition) is 3. The van der Waals surface area contributed by atoms with Gasteiger partial charge in [-0.2, -0.15) is 9.37 Å². The van der Waals surface area contributed by atoms with E-state index in [1.165, 1.54) is 20.3 Å². The third-order valence-corrected chi connectivity index (χ3v) is 2.48. The van der Waals surface area contributed by atoms with Gasteiger partial charge >= 0.3 is 12.1 Å². The number of hydrazine groups is 1. The van der Waals surface area contributed by atoms with E-state index < -0.39 is 12.1 Å². The van der Waals surface area contributed by atoms with Gasteiger partial charge in [0.1, 0.15) is 0 Å². The number of ether oxygens (including phenoxy) is 2. The van der Waals surface area contributed by atoms with Gasteiger partial charge in [-0.3, -0.25) is 10.9 Å². The summed E-state index contributed by atoms with van der Waals surface area (Å²) in [6.45, 7) is 0. The van der Waals surface area contributed by atoms with Gasteiger partial charge in [0.2, 0.25) is 0 Å². The number of rotatable bonds is 4. The lowest BCUT2D eigenvalue weighted by Crippen LogP contribution is -2.34. The molecule has 122 valence electrons. The van der Waals surface area contributed by atoms with Crippen molar-refractivity contribution in [1.82, 2.24) is 15.4 Å².